The van der Waals surface area contributed by atoms with E-state index in [2.05, 4.69) is 5.32 Å². The van der Waals surface area contributed by atoms with Crippen LogP contribution < -0.4 is 10.1 Å². The predicted molar refractivity (Wildman–Crippen MR) is 101 cm³/mol. The van der Waals surface area contributed by atoms with E-state index in [1.807, 2.05) is 24.3 Å². The third kappa shape index (κ3) is 3.97. The average Bonchev–Trinajstić information content (AvgIpc) is 2.88. The molecule has 0 aliphatic carbocycles. The van der Waals surface area contributed by atoms with Crippen molar-refractivity contribution in [2.24, 2.45) is 0 Å². The van der Waals surface area contributed by atoms with Gasteiger partial charge in [-0.1, -0.05) is 35.9 Å². The van der Waals surface area contributed by atoms with Crippen molar-refractivity contribution in [1.29, 1.82) is 0 Å². The van der Waals surface area contributed by atoms with Crippen molar-refractivity contribution >= 4 is 46.3 Å². The van der Waals surface area contributed by atoms with E-state index in [9.17, 15) is 9.59 Å². The number of halogens is 1. The first-order valence-electron chi connectivity index (χ1n) is 7.46. The molecule has 0 saturated carbocycles. The maximum Gasteiger partial charge on any atom is 0.295 e. The van der Waals surface area contributed by atoms with Gasteiger partial charge in [0, 0.05) is 0 Å². The monoisotopic (exact) mass is 374 g/mol. The van der Waals surface area contributed by atoms with Crippen LogP contribution in [-0.2, 0) is 4.79 Å². The fraction of sp³-hybridized carbons (Fsp3) is 0.111. The highest BCUT2D eigenvalue weighted by Crippen LogP contribution is 2.32. The van der Waals surface area contributed by atoms with E-state index in [-0.39, 0.29) is 17.8 Å². The minimum atomic E-state index is -0.328. The third-order valence-electron chi connectivity index (χ3n) is 3.59. The second kappa shape index (κ2) is 7.63. The molecular weight excluding hydrogens is 360 g/mol. The molecular formula is C18H15ClN2O3S. The second-order valence-corrected chi connectivity index (χ2v) is 6.60. The molecule has 128 valence electrons. The van der Waals surface area contributed by atoms with Gasteiger partial charge in [0.2, 0.25) is 0 Å². The Morgan fingerprint density at radius 1 is 1.16 bits per heavy atom. The molecule has 3 rings (SSSR count). The van der Waals surface area contributed by atoms with Crippen LogP contribution in [0, 0.1) is 0 Å². The molecule has 2 amide bonds. The van der Waals surface area contributed by atoms with Crippen molar-refractivity contribution in [3.8, 4) is 5.75 Å². The summed E-state index contributed by atoms with van der Waals surface area (Å²) in [6.07, 6.45) is 1.69. The van der Waals surface area contributed by atoms with Gasteiger partial charge in [-0.3, -0.25) is 14.5 Å². The Labute approximate surface area is 154 Å². The van der Waals surface area contributed by atoms with Crippen LogP contribution in [0.3, 0.4) is 0 Å². The summed E-state index contributed by atoms with van der Waals surface area (Å²) in [5.74, 6) is 0.402. The number of rotatable bonds is 5. The van der Waals surface area contributed by atoms with Gasteiger partial charge in [0.25, 0.3) is 11.1 Å². The normalized spacial score (nSPS) is 15.8. The summed E-state index contributed by atoms with van der Waals surface area (Å²) in [6, 6.07) is 14.4. The molecule has 0 aromatic heterocycles. The largest absolute Gasteiger partial charge is 0.497 e. The van der Waals surface area contributed by atoms with E-state index in [0.29, 0.717) is 15.6 Å². The number of carbonyl (C=O) groups is 2. The number of nitrogens with one attached hydrogen (secondary N) is 1. The summed E-state index contributed by atoms with van der Waals surface area (Å²) in [5.41, 5.74) is 1.49. The zero-order valence-corrected chi connectivity index (χ0v) is 14.9. The lowest BCUT2D eigenvalue weighted by molar-refractivity contribution is -0.122. The molecule has 0 spiro atoms. The van der Waals surface area contributed by atoms with E-state index in [0.717, 1.165) is 28.0 Å². The first-order chi connectivity index (χ1) is 12.1. The molecule has 0 bridgehead atoms. The Kier molecular flexibility index (Phi) is 5.31. The predicted octanol–water partition coefficient (Wildman–Crippen LogP) is 4.45. The summed E-state index contributed by atoms with van der Waals surface area (Å²) in [4.78, 5) is 26.1. The summed E-state index contributed by atoms with van der Waals surface area (Å²) in [5, 5.41) is 3.23. The molecule has 1 heterocycles. The molecule has 2 aromatic rings. The molecule has 2 aromatic carbocycles. The Hall–Kier alpha value is -2.44. The zero-order valence-electron chi connectivity index (χ0n) is 13.4. The summed E-state index contributed by atoms with van der Waals surface area (Å²) in [6.45, 7) is 0.0638. The molecule has 1 aliphatic rings. The minimum absolute atomic E-state index is 0.0638. The lowest BCUT2D eigenvalue weighted by atomic mass is 10.2. The fourth-order valence-corrected chi connectivity index (χ4v) is 3.30. The van der Waals surface area contributed by atoms with Gasteiger partial charge in [0.1, 0.15) is 5.75 Å². The SMILES string of the molecule is COc1ccc(/C=C2/SC(=O)N(CNc3ccccc3Cl)C2=O)cc1. The van der Waals surface area contributed by atoms with Crippen molar-refractivity contribution in [3.05, 3.63) is 64.0 Å². The fourth-order valence-electron chi connectivity index (χ4n) is 2.26. The van der Waals surface area contributed by atoms with Crippen LogP contribution in [0.25, 0.3) is 6.08 Å². The van der Waals surface area contributed by atoms with Crippen LogP contribution in [-0.4, -0.2) is 29.8 Å². The van der Waals surface area contributed by atoms with Crippen molar-refractivity contribution in [3.63, 3.8) is 0 Å². The first kappa shape index (κ1) is 17.4. The Morgan fingerprint density at radius 3 is 2.56 bits per heavy atom. The number of nitrogens with zero attached hydrogens (tertiary/aromatic N) is 1. The van der Waals surface area contributed by atoms with Crippen molar-refractivity contribution in [1.82, 2.24) is 4.90 Å². The van der Waals surface area contributed by atoms with E-state index in [1.165, 1.54) is 0 Å². The third-order valence-corrected chi connectivity index (χ3v) is 4.83. The Bertz CT molecular complexity index is 836. The number of amides is 2. The highest BCUT2D eigenvalue weighted by atomic mass is 35.5. The summed E-state index contributed by atoms with van der Waals surface area (Å²) >= 11 is 6.99. The molecule has 0 atom stereocenters. The second-order valence-electron chi connectivity index (χ2n) is 5.20. The molecule has 1 aliphatic heterocycles. The highest BCUT2D eigenvalue weighted by molar-refractivity contribution is 8.18. The van der Waals surface area contributed by atoms with Crippen molar-refractivity contribution < 1.29 is 14.3 Å². The molecule has 0 radical (unpaired) electrons. The topological polar surface area (TPSA) is 58.6 Å². The quantitative estimate of drug-likeness (QED) is 0.783. The number of imide groups is 1. The Morgan fingerprint density at radius 2 is 1.88 bits per heavy atom. The smallest absolute Gasteiger partial charge is 0.295 e. The molecule has 1 saturated heterocycles. The zero-order chi connectivity index (χ0) is 17.8. The van der Waals surface area contributed by atoms with E-state index in [4.69, 9.17) is 16.3 Å². The van der Waals surface area contributed by atoms with Gasteiger partial charge in [-0.2, -0.15) is 0 Å². The lowest BCUT2D eigenvalue weighted by Gasteiger charge is -2.15. The van der Waals surface area contributed by atoms with Gasteiger partial charge in [-0.25, -0.2) is 0 Å². The van der Waals surface area contributed by atoms with E-state index >= 15 is 0 Å². The molecule has 1 fully saturated rings. The number of para-hydroxylation sites is 1. The number of benzene rings is 2. The molecule has 25 heavy (non-hydrogen) atoms. The van der Waals surface area contributed by atoms with Crippen LogP contribution >= 0.6 is 23.4 Å². The van der Waals surface area contributed by atoms with Gasteiger partial charge >= 0.3 is 0 Å². The van der Waals surface area contributed by atoms with E-state index < -0.39 is 0 Å². The number of ether oxygens (including phenoxy) is 1. The number of thioether (sulfide) groups is 1. The number of methoxy groups -OCH3 is 1. The lowest BCUT2D eigenvalue weighted by Crippen LogP contribution is -2.33. The Balaban J connectivity index is 1.71. The summed E-state index contributed by atoms with van der Waals surface area (Å²) < 4.78 is 5.10. The van der Waals surface area contributed by atoms with Crippen molar-refractivity contribution in [2.45, 2.75) is 0 Å². The number of carbonyl (C=O) groups excluding carboxylic acids is 2. The van der Waals surface area contributed by atoms with Crippen molar-refractivity contribution in [2.75, 3.05) is 19.1 Å². The van der Waals surface area contributed by atoms with Crippen LogP contribution in [0.2, 0.25) is 5.02 Å². The molecule has 0 unspecified atom stereocenters. The highest BCUT2D eigenvalue weighted by Gasteiger charge is 2.34. The summed E-state index contributed by atoms with van der Waals surface area (Å²) in [7, 11) is 1.59. The molecule has 1 N–H and O–H groups in total. The van der Waals surface area contributed by atoms with Gasteiger partial charge in [0.05, 0.1) is 29.4 Å². The standard InChI is InChI=1S/C18H15ClN2O3S/c1-24-13-8-6-12(7-9-13)10-16-17(22)21(18(23)25-16)11-20-15-5-3-2-4-14(15)19/h2-10,20H,11H2,1H3/b16-10+. The average molecular weight is 375 g/mol. The van der Waals surface area contributed by atoms with Gasteiger partial charge in [0.15, 0.2) is 0 Å². The number of hydrogen-bond donors (Lipinski definition) is 1. The van der Waals surface area contributed by atoms with Gasteiger partial charge in [-0.05, 0) is 47.7 Å². The molecule has 5 nitrogen and oxygen atoms in total. The maximum atomic E-state index is 12.5. The van der Waals surface area contributed by atoms with Crippen LogP contribution in [0.4, 0.5) is 10.5 Å². The number of hydrogen-bond acceptors (Lipinski definition) is 5. The van der Waals surface area contributed by atoms with Crippen LogP contribution in [0.1, 0.15) is 5.56 Å². The van der Waals surface area contributed by atoms with Gasteiger partial charge in [-0.15, -0.1) is 0 Å². The van der Waals surface area contributed by atoms with Crippen LogP contribution in [0.15, 0.2) is 53.4 Å². The van der Waals surface area contributed by atoms with E-state index in [1.54, 1.807) is 37.5 Å². The minimum Gasteiger partial charge on any atom is -0.497 e. The molecule has 7 heteroatoms. The first-order valence-corrected chi connectivity index (χ1v) is 8.66. The number of anilines is 1. The van der Waals surface area contributed by atoms with Crippen LogP contribution in [0.5, 0.6) is 5.75 Å². The van der Waals surface area contributed by atoms with Gasteiger partial charge < -0.3 is 10.1 Å². The maximum absolute atomic E-state index is 12.5.